The number of nitro benzene ring substituents is 1. The van der Waals surface area contributed by atoms with Gasteiger partial charge in [-0.3, -0.25) is 10.1 Å². The number of methoxy groups -OCH3 is 1. The molecule has 0 spiro atoms. The van der Waals surface area contributed by atoms with E-state index in [2.05, 4.69) is 0 Å². The zero-order valence-corrected chi connectivity index (χ0v) is 9.10. The minimum absolute atomic E-state index is 0.0165. The average molecular weight is 225 g/mol. The molecule has 6 nitrogen and oxygen atoms in total. The summed E-state index contributed by atoms with van der Waals surface area (Å²) in [6.45, 7) is 0.533. The smallest absolute Gasteiger partial charge is 0.274 e. The molecule has 16 heavy (non-hydrogen) atoms. The van der Waals surface area contributed by atoms with E-state index < -0.39 is 4.92 Å². The molecule has 0 saturated carbocycles. The number of nitrogens with two attached hydrogens (primary N) is 2. The maximum Gasteiger partial charge on any atom is 0.274 e. The number of anilines is 2. The van der Waals surface area contributed by atoms with Crippen molar-refractivity contribution in [3.63, 3.8) is 0 Å². The van der Waals surface area contributed by atoms with Crippen LogP contribution in [0.2, 0.25) is 0 Å². The predicted molar refractivity (Wildman–Crippen MR) is 62.1 cm³/mol. The van der Waals surface area contributed by atoms with Crippen LogP contribution in [0.4, 0.5) is 17.1 Å². The zero-order valence-electron chi connectivity index (χ0n) is 9.10. The van der Waals surface area contributed by atoms with Gasteiger partial charge < -0.3 is 16.2 Å². The molecule has 0 bridgehead atoms. The van der Waals surface area contributed by atoms with Crippen molar-refractivity contribution in [3.8, 4) is 0 Å². The number of hydrogen-bond acceptors (Lipinski definition) is 5. The Labute approximate surface area is 93.3 Å². The Hall–Kier alpha value is -1.82. The first-order valence-corrected chi connectivity index (χ1v) is 4.88. The van der Waals surface area contributed by atoms with Crippen LogP contribution in [0.25, 0.3) is 0 Å². The van der Waals surface area contributed by atoms with Crippen molar-refractivity contribution in [2.45, 2.75) is 12.8 Å². The number of ether oxygens (including phenoxy) is 1. The van der Waals surface area contributed by atoms with Crippen LogP contribution in [-0.4, -0.2) is 18.6 Å². The highest BCUT2D eigenvalue weighted by Crippen LogP contribution is 2.30. The molecule has 0 aliphatic heterocycles. The van der Waals surface area contributed by atoms with Crippen molar-refractivity contribution in [2.24, 2.45) is 0 Å². The van der Waals surface area contributed by atoms with Gasteiger partial charge in [-0.15, -0.1) is 0 Å². The Balaban J connectivity index is 3.01. The molecule has 0 amide bonds. The normalized spacial score (nSPS) is 10.3. The van der Waals surface area contributed by atoms with E-state index in [0.29, 0.717) is 36.4 Å². The molecule has 0 radical (unpaired) electrons. The van der Waals surface area contributed by atoms with Crippen LogP contribution in [0.3, 0.4) is 0 Å². The van der Waals surface area contributed by atoms with Crippen molar-refractivity contribution in [2.75, 3.05) is 25.2 Å². The van der Waals surface area contributed by atoms with Gasteiger partial charge >= 0.3 is 0 Å². The van der Waals surface area contributed by atoms with Crippen LogP contribution < -0.4 is 11.5 Å². The number of nitro groups is 1. The minimum atomic E-state index is -0.446. The monoisotopic (exact) mass is 225 g/mol. The molecule has 0 aliphatic rings. The molecule has 0 aliphatic carbocycles. The lowest BCUT2D eigenvalue weighted by Gasteiger charge is -2.08. The Kier molecular flexibility index (Phi) is 4.07. The summed E-state index contributed by atoms with van der Waals surface area (Å²) in [5.74, 6) is 0. The first kappa shape index (κ1) is 12.3. The van der Waals surface area contributed by atoms with E-state index in [-0.39, 0.29) is 5.69 Å². The summed E-state index contributed by atoms with van der Waals surface area (Å²) in [4.78, 5) is 10.3. The molecule has 0 aromatic heterocycles. The van der Waals surface area contributed by atoms with E-state index in [9.17, 15) is 10.1 Å². The third kappa shape index (κ3) is 2.60. The highest BCUT2D eigenvalue weighted by Gasteiger charge is 2.17. The molecule has 0 fully saturated rings. The molecule has 6 heteroatoms. The van der Waals surface area contributed by atoms with E-state index in [0.717, 1.165) is 0 Å². The van der Waals surface area contributed by atoms with Crippen LogP contribution in [0.5, 0.6) is 0 Å². The number of benzene rings is 1. The zero-order chi connectivity index (χ0) is 12.1. The van der Waals surface area contributed by atoms with Gasteiger partial charge in [-0.2, -0.15) is 0 Å². The average Bonchev–Trinajstić information content (AvgIpc) is 2.24. The Morgan fingerprint density at radius 1 is 1.44 bits per heavy atom. The third-order valence-corrected chi connectivity index (χ3v) is 2.34. The molecule has 88 valence electrons. The summed E-state index contributed by atoms with van der Waals surface area (Å²) in [5.41, 5.74) is 12.5. The summed E-state index contributed by atoms with van der Waals surface area (Å²) < 4.78 is 4.89. The standard InChI is InChI=1S/C10H15N3O3/c1-16-6-2-3-7-9(13(14)15)5-4-8(11)10(7)12/h4-5H,2-3,6,11-12H2,1H3. The molecule has 4 N–H and O–H groups in total. The Morgan fingerprint density at radius 2 is 2.12 bits per heavy atom. The van der Waals surface area contributed by atoms with E-state index in [1.165, 1.54) is 12.1 Å². The van der Waals surface area contributed by atoms with Crippen LogP contribution >= 0.6 is 0 Å². The SMILES string of the molecule is COCCCc1c([N+](=O)[O-])ccc(N)c1N. The Bertz CT molecular complexity index is 393. The fourth-order valence-electron chi connectivity index (χ4n) is 1.50. The molecule has 1 aromatic rings. The summed E-state index contributed by atoms with van der Waals surface area (Å²) >= 11 is 0. The number of rotatable bonds is 5. The van der Waals surface area contributed by atoms with Crippen molar-refractivity contribution >= 4 is 17.1 Å². The fourth-order valence-corrected chi connectivity index (χ4v) is 1.50. The lowest BCUT2D eigenvalue weighted by molar-refractivity contribution is -0.385. The first-order valence-electron chi connectivity index (χ1n) is 4.88. The van der Waals surface area contributed by atoms with Crippen molar-refractivity contribution in [3.05, 3.63) is 27.8 Å². The van der Waals surface area contributed by atoms with Gasteiger partial charge in [-0.05, 0) is 18.9 Å². The largest absolute Gasteiger partial charge is 0.397 e. The van der Waals surface area contributed by atoms with Crippen molar-refractivity contribution in [1.82, 2.24) is 0 Å². The summed E-state index contributed by atoms with van der Waals surface area (Å²) in [6.07, 6.45) is 1.16. The van der Waals surface area contributed by atoms with Crippen LogP contribution in [0.1, 0.15) is 12.0 Å². The topological polar surface area (TPSA) is 104 Å². The summed E-state index contributed by atoms with van der Waals surface area (Å²) in [6, 6.07) is 2.83. The molecular weight excluding hydrogens is 210 g/mol. The number of nitrogen functional groups attached to an aromatic ring is 2. The van der Waals surface area contributed by atoms with Crippen LogP contribution in [0.15, 0.2) is 12.1 Å². The molecule has 0 heterocycles. The summed E-state index contributed by atoms with van der Waals surface area (Å²) in [7, 11) is 1.58. The van der Waals surface area contributed by atoms with Crippen molar-refractivity contribution in [1.29, 1.82) is 0 Å². The molecule has 1 rings (SSSR count). The lowest BCUT2D eigenvalue weighted by atomic mass is 10.0. The lowest BCUT2D eigenvalue weighted by Crippen LogP contribution is -2.05. The minimum Gasteiger partial charge on any atom is -0.397 e. The van der Waals surface area contributed by atoms with Gasteiger partial charge in [0.2, 0.25) is 0 Å². The second-order valence-corrected chi connectivity index (χ2v) is 3.42. The maximum atomic E-state index is 10.8. The number of nitrogens with zero attached hydrogens (tertiary/aromatic N) is 1. The summed E-state index contributed by atoms with van der Waals surface area (Å²) in [5, 5.41) is 10.8. The molecular formula is C10H15N3O3. The quantitative estimate of drug-likeness (QED) is 0.340. The van der Waals surface area contributed by atoms with Crippen LogP contribution in [-0.2, 0) is 11.2 Å². The molecule has 0 saturated heterocycles. The first-order chi connectivity index (χ1) is 7.57. The van der Waals surface area contributed by atoms with E-state index in [1.807, 2.05) is 0 Å². The van der Waals surface area contributed by atoms with Gasteiger partial charge in [0, 0.05) is 19.8 Å². The fraction of sp³-hybridized carbons (Fsp3) is 0.400. The van der Waals surface area contributed by atoms with Gasteiger partial charge in [0.25, 0.3) is 5.69 Å². The third-order valence-electron chi connectivity index (χ3n) is 2.34. The highest BCUT2D eigenvalue weighted by molar-refractivity contribution is 5.72. The van der Waals surface area contributed by atoms with E-state index >= 15 is 0 Å². The second kappa shape index (κ2) is 5.32. The highest BCUT2D eigenvalue weighted by atomic mass is 16.6. The maximum absolute atomic E-state index is 10.8. The van der Waals surface area contributed by atoms with Gasteiger partial charge in [-0.25, -0.2) is 0 Å². The van der Waals surface area contributed by atoms with Gasteiger partial charge in [-0.1, -0.05) is 0 Å². The van der Waals surface area contributed by atoms with E-state index in [1.54, 1.807) is 7.11 Å². The van der Waals surface area contributed by atoms with Crippen LogP contribution in [0, 0.1) is 10.1 Å². The van der Waals surface area contributed by atoms with Gasteiger partial charge in [0.1, 0.15) is 0 Å². The van der Waals surface area contributed by atoms with Crippen molar-refractivity contribution < 1.29 is 9.66 Å². The second-order valence-electron chi connectivity index (χ2n) is 3.42. The molecule has 0 unspecified atom stereocenters. The van der Waals surface area contributed by atoms with Gasteiger partial charge in [0.05, 0.1) is 21.9 Å². The number of hydrogen-bond donors (Lipinski definition) is 2. The van der Waals surface area contributed by atoms with E-state index in [4.69, 9.17) is 16.2 Å². The predicted octanol–water partition coefficient (Wildman–Crippen LogP) is 1.34. The van der Waals surface area contributed by atoms with Gasteiger partial charge in [0.15, 0.2) is 0 Å². The Morgan fingerprint density at radius 3 is 2.69 bits per heavy atom. The molecule has 0 atom stereocenters. The molecule has 1 aromatic carbocycles.